The molecule has 0 atom stereocenters. The number of aryl methyl sites for hydroxylation is 1. The third-order valence-corrected chi connectivity index (χ3v) is 8.79. The number of amides is 1. The quantitative estimate of drug-likeness (QED) is 0.318. The predicted octanol–water partition coefficient (Wildman–Crippen LogP) is 2.64. The molecule has 2 aliphatic rings. The van der Waals surface area contributed by atoms with Crippen LogP contribution in [-0.4, -0.2) is 74.2 Å². The largest absolute Gasteiger partial charge is 0.389 e. The number of nitrogens with zero attached hydrogens (tertiary/aromatic N) is 2. The van der Waals surface area contributed by atoms with Gasteiger partial charge in [-0.1, -0.05) is 6.07 Å². The monoisotopic (exact) mass is 533 g/mol. The molecule has 0 unspecified atom stereocenters. The molecule has 0 aliphatic carbocycles. The first-order chi connectivity index (χ1) is 15.5. The van der Waals surface area contributed by atoms with Gasteiger partial charge in [0.2, 0.25) is 10.0 Å². The molecule has 0 bridgehead atoms. The second-order valence-electron chi connectivity index (χ2n) is 8.19. The average molecular weight is 534 g/mol. The third-order valence-electron chi connectivity index (χ3n) is 6.17. The van der Waals surface area contributed by atoms with Crippen LogP contribution in [0, 0.1) is 5.82 Å². The van der Waals surface area contributed by atoms with E-state index in [0.717, 1.165) is 0 Å². The van der Waals surface area contributed by atoms with Gasteiger partial charge in [0.15, 0.2) is 4.75 Å². The van der Waals surface area contributed by atoms with E-state index in [9.17, 15) is 30.8 Å². The van der Waals surface area contributed by atoms with E-state index in [4.69, 9.17) is 9.94 Å². The Labute approximate surface area is 201 Å². The summed E-state index contributed by atoms with van der Waals surface area (Å²) in [6.07, 6.45) is -5.40. The Balaban J connectivity index is 0.00000408. The fourth-order valence-electron chi connectivity index (χ4n) is 4.28. The summed E-state index contributed by atoms with van der Waals surface area (Å²) in [6, 6.07) is 4.26. The first kappa shape index (κ1) is 28.6. The number of benzene rings is 1. The number of carbonyl (C=O) groups is 1. The first-order valence-electron chi connectivity index (χ1n) is 10.6. The summed E-state index contributed by atoms with van der Waals surface area (Å²) in [6.45, 7) is 0.473. The van der Waals surface area contributed by atoms with Crippen LogP contribution in [0.2, 0.25) is 0 Å². The maximum atomic E-state index is 14.6. The number of alkyl halides is 3. The summed E-state index contributed by atoms with van der Waals surface area (Å²) < 4.78 is 82.7. The zero-order valence-corrected chi connectivity index (χ0v) is 19.9. The molecule has 2 N–H and O–H groups in total. The minimum absolute atomic E-state index is 0. The van der Waals surface area contributed by atoms with Crippen LogP contribution in [0.25, 0.3) is 0 Å². The maximum absolute atomic E-state index is 14.6. The molecule has 2 aliphatic heterocycles. The highest BCUT2D eigenvalue weighted by Gasteiger charge is 2.54. The Hall–Kier alpha value is -1.67. The van der Waals surface area contributed by atoms with Gasteiger partial charge in [-0.3, -0.25) is 10.0 Å². The Morgan fingerprint density at radius 1 is 1.15 bits per heavy atom. The van der Waals surface area contributed by atoms with E-state index in [1.165, 1.54) is 21.9 Å². The van der Waals surface area contributed by atoms with E-state index in [1.54, 1.807) is 11.0 Å². The van der Waals surface area contributed by atoms with Gasteiger partial charge in [-0.25, -0.2) is 18.3 Å². The van der Waals surface area contributed by atoms with Crippen molar-refractivity contribution in [3.05, 3.63) is 29.6 Å². The second kappa shape index (κ2) is 11.4. The molecular weight excluding hydrogens is 506 g/mol. The summed E-state index contributed by atoms with van der Waals surface area (Å²) in [5.74, 6) is -1.59. The molecule has 0 saturated carbocycles. The topological polar surface area (TPSA) is 99.2 Å². The normalized spacial score (nSPS) is 19.4. The van der Waals surface area contributed by atoms with E-state index in [1.807, 2.05) is 0 Å². The highest BCUT2D eigenvalue weighted by molar-refractivity contribution is 7.91. The van der Waals surface area contributed by atoms with Crippen molar-refractivity contribution in [2.45, 2.75) is 43.0 Å². The molecule has 1 aromatic rings. The smallest absolute Gasteiger partial charge is 0.381 e. The molecule has 8 nitrogen and oxygen atoms in total. The van der Waals surface area contributed by atoms with E-state index >= 15 is 0 Å². The molecular formula is C20H28ClF4N3O5S. The van der Waals surface area contributed by atoms with Crippen LogP contribution < -0.4 is 10.4 Å². The third kappa shape index (κ3) is 6.11. The standard InChI is InChI=1S/C20H27F4N3O5S.ClH/c21-16-14-15(2-1-5-20(22,23)24)3-4-17(16)26-8-10-27(11-9-26)33(30,31)19(18(28)25-29)6-12-32-13-7-19;/h3-4,14,29H,1-2,5-13H2,(H,25,28);1H. The number of nitrogens with one attached hydrogen (secondary N) is 1. The Morgan fingerprint density at radius 2 is 1.76 bits per heavy atom. The number of halogens is 5. The van der Waals surface area contributed by atoms with E-state index in [2.05, 4.69) is 0 Å². The highest BCUT2D eigenvalue weighted by Crippen LogP contribution is 2.34. The van der Waals surface area contributed by atoms with Crippen LogP contribution in [0.15, 0.2) is 18.2 Å². The number of sulfonamides is 1. The van der Waals surface area contributed by atoms with Crippen LogP contribution in [0.1, 0.15) is 31.2 Å². The summed E-state index contributed by atoms with van der Waals surface area (Å²) in [5.41, 5.74) is 2.16. The molecule has 3 rings (SSSR count). The summed E-state index contributed by atoms with van der Waals surface area (Å²) >= 11 is 0. The fourth-order valence-corrected chi connectivity index (χ4v) is 6.38. The van der Waals surface area contributed by atoms with Crippen molar-refractivity contribution in [1.29, 1.82) is 0 Å². The number of hydrogen-bond acceptors (Lipinski definition) is 6. The molecule has 194 valence electrons. The maximum Gasteiger partial charge on any atom is 0.389 e. The second-order valence-corrected chi connectivity index (χ2v) is 10.4. The Bertz CT molecular complexity index is 950. The van der Waals surface area contributed by atoms with E-state index in [-0.39, 0.29) is 83.2 Å². The molecule has 34 heavy (non-hydrogen) atoms. The number of hydrogen-bond donors (Lipinski definition) is 2. The number of ether oxygens (including phenoxy) is 1. The lowest BCUT2D eigenvalue weighted by atomic mass is 9.98. The van der Waals surface area contributed by atoms with Gasteiger partial charge in [-0.2, -0.15) is 17.5 Å². The molecule has 1 aromatic carbocycles. The average Bonchev–Trinajstić information content (AvgIpc) is 2.78. The molecule has 1 amide bonds. The van der Waals surface area contributed by atoms with Crippen molar-refractivity contribution in [1.82, 2.24) is 9.79 Å². The lowest BCUT2D eigenvalue weighted by Crippen LogP contribution is -2.62. The molecule has 14 heteroatoms. The Morgan fingerprint density at radius 3 is 2.29 bits per heavy atom. The fraction of sp³-hybridized carbons (Fsp3) is 0.650. The predicted molar refractivity (Wildman–Crippen MR) is 118 cm³/mol. The van der Waals surface area contributed by atoms with Crippen molar-refractivity contribution in [3.63, 3.8) is 0 Å². The van der Waals surface area contributed by atoms with Crippen LogP contribution in [0.5, 0.6) is 0 Å². The SMILES string of the molecule is Cl.O=C(NO)C1(S(=O)(=O)N2CCN(c3ccc(CCCC(F)(F)F)cc3F)CC2)CCOCC1. The van der Waals surface area contributed by atoms with Crippen molar-refractivity contribution in [2.24, 2.45) is 0 Å². The summed E-state index contributed by atoms with van der Waals surface area (Å²) in [7, 11) is -4.13. The van der Waals surface area contributed by atoms with E-state index in [0.29, 0.717) is 5.56 Å². The molecule has 2 heterocycles. The van der Waals surface area contributed by atoms with Crippen molar-refractivity contribution >= 4 is 34.0 Å². The molecule has 2 saturated heterocycles. The summed E-state index contributed by atoms with van der Waals surface area (Å²) in [5, 5.41) is 9.12. The van der Waals surface area contributed by atoms with Gasteiger partial charge in [-0.15, -0.1) is 12.4 Å². The van der Waals surface area contributed by atoms with Crippen LogP contribution in [0.4, 0.5) is 23.2 Å². The first-order valence-corrected chi connectivity index (χ1v) is 12.1. The summed E-state index contributed by atoms with van der Waals surface area (Å²) in [4.78, 5) is 14.0. The van der Waals surface area contributed by atoms with Crippen molar-refractivity contribution in [3.8, 4) is 0 Å². The van der Waals surface area contributed by atoms with Crippen LogP contribution in [0.3, 0.4) is 0 Å². The zero-order chi connectivity index (χ0) is 24.3. The molecule has 0 radical (unpaired) electrons. The number of hydroxylamine groups is 1. The van der Waals surface area contributed by atoms with Gasteiger partial charge in [0, 0.05) is 58.7 Å². The van der Waals surface area contributed by atoms with Crippen LogP contribution in [-0.2, 0) is 26.0 Å². The molecule has 0 spiro atoms. The lowest BCUT2D eigenvalue weighted by molar-refractivity contribution is -0.135. The minimum atomic E-state index is -4.25. The number of anilines is 1. The van der Waals surface area contributed by atoms with Gasteiger partial charge in [-0.05, 0) is 30.5 Å². The van der Waals surface area contributed by atoms with Gasteiger partial charge in [0.05, 0.1) is 5.69 Å². The molecule has 0 aromatic heterocycles. The van der Waals surface area contributed by atoms with Gasteiger partial charge in [0.25, 0.3) is 5.91 Å². The van der Waals surface area contributed by atoms with Crippen molar-refractivity contribution < 1.29 is 40.7 Å². The zero-order valence-electron chi connectivity index (χ0n) is 18.3. The van der Waals surface area contributed by atoms with Gasteiger partial charge >= 0.3 is 6.18 Å². The van der Waals surface area contributed by atoms with Crippen molar-refractivity contribution in [2.75, 3.05) is 44.3 Å². The number of piperazine rings is 1. The lowest BCUT2D eigenvalue weighted by Gasteiger charge is -2.42. The number of rotatable bonds is 7. The number of carbonyl (C=O) groups excluding carboxylic acids is 1. The van der Waals surface area contributed by atoms with E-state index < -0.39 is 39.1 Å². The minimum Gasteiger partial charge on any atom is -0.381 e. The Kier molecular flexibility index (Phi) is 9.56. The van der Waals surface area contributed by atoms with Gasteiger partial charge in [0.1, 0.15) is 5.82 Å². The highest BCUT2D eigenvalue weighted by atomic mass is 35.5. The van der Waals surface area contributed by atoms with Gasteiger partial charge < -0.3 is 9.64 Å². The van der Waals surface area contributed by atoms with Crippen LogP contribution >= 0.6 is 12.4 Å². The molecule has 2 fully saturated rings.